The maximum absolute atomic E-state index is 12.1. The van der Waals surface area contributed by atoms with Crippen molar-refractivity contribution in [2.75, 3.05) is 18.0 Å². The molecule has 0 spiro atoms. The van der Waals surface area contributed by atoms with Crippen molar-refractivity contribution in [1.29, 1.82) is 0 Å². The lowest BCUT2D eigenvalue weighted by Gasteiger charge is -2.12. The molecule has 112 valence electrons. The second-order valence-corrected chi connectivity index (χ2v) is 5.57. The van der Waals surface area contributed by atoms with E-state index >= 15 is 0 Å². The molecule has 0 aliphatic carbocycles. The molecule has 8 heteroatoms. The molecule has 1 amide bonds. The third-order valence-electron chi connectivity index (χ3n) is 3.58. The summed E-state index contributed by atoms with van der Waals surface area (Å²) in [4.78, 5) is 16.4. The van der Waals surface area contributed by atoms with E-state index in [0.29, 0.717) is 30.4 Å². The predicted molar refractivity (Wildman–Crippen MR) is 83.5 cm³/mol. The first-order valence-electron chi connectivity index (χ1n) is 6.80. The number of rotatable bonds is 4. The first-order chi connectivity index (χ1) is 10.7. The zero-order valence-electron chi connectivity index (χ0n) is 11.6. The fourth-order valence-corrected chi connectivity index (χ4v) is 2.72. The standard InChI is InChI=1S/C14H13ClN6O/c15-11-3-1-2-10(5-11)12-6-13(19-18-12)21-8-9(4-14(21)22)7-17-20-16/h1-3,5-6,9H,4,7-8H2,(H,18,19). The zero-order valence-corrected chi connectivity index (χ0v) is 12.4. The molecule has 1 aromatic carbocycles. The van der Waals surface area contributed by atoms with Crippen LogP contribution in [0.15, 0.2) is 35.4 Å². The molecule has 0 bridgehead atoms. The fraction of sp³-hybridized carbons (Fsp3) is 0.286. The molecule has 7 nitrogen and oxygen atoms in total. The molecular formula is C14H13ClN6O. The Morgan fingerprint density at radius 2 is 2.36 bits per heavy atom. The number of benzene rings is 1. The van der Waals surface area contributed by atoms with E-state index in [1.807, 2.05) is 24.3 Å². The van der Waals surface area contributed by atoms with Crippen LogP contribution in [-0.2, 0) is 4.79 Å². The number of halogens is 1. The molecule has 22 heavy (non-hydrogen) atoms. The van der Waals surface area contributed by atoms with Crippen LogP contribution in [-0.4, -0.2) is 29.2 Å². The number of nitrogens with one attached hydrogen (secondary N) is 1. The second kappa shape index (κ2) is 6.09. The van der Waals surface area contributed by atoms with Crippen molar-refractivity contribution in [3.8, 4) is 11.3 Å². The minimum atomic E-state index is -0.0118. The van der Waals surface area contributed by atoms with Crippen molar-refractivity contribution < 1.29 is 4.79 Å². The van der Waals surface area contributed by atoms with Crippen LogP contribution in [0.25, 0.3) is 21.7 Å². The van der Waals surface area contributed by atoms with Gasteiger partial charge in [0.25, 0.3) is 0 Å². The number of hydrogen-bond donors (Lipinski definition) is 1. The maximum atomic E-state index is 12.1. The Morgan fingerprint density at radius 3 is 3.14 bits per heavy atom. The van der Waals surface area contributed by atoms with E-state index in [1.54, 1.807) is 11.0 Å². The molecule has 3 rings (SSSR count). The van der Waals surface area contributed by atoms with E-state index in [-0.39, 0.29) is 11.8 Å². The van der Waals surface area contributed by atoms with Gasteiger partial charge in [0.1, 0.15) is 0 Å². The summed E-state index contributed by atoms with van der Waals surface area (Å²) in [5.41, 5.74) is 10.1. The van der Waals surface area contributed by atoms with Crippen molar-refractivity contribution >= 4 is 23.3 Å². The Morgan fingerprint density at radius 1 is 1.50 bits per heavy atom. The molecular weight excluding hydrogens is 304 g/mol. The molecule has 1 aliphatic heterocycles. The number of carbonyl (C=O) groups excluding carboxylic acids is 1. The van der Waals surface area contributed by atoms with Gasteiger partial charge in [0.05, 0.1) is 5.69 Å². The number of aromatic nitrogens is 2. The van der Waals surface area contributed by atoms with Gasteiger partial charge in [-0.3, -0.25) is 14.8 Å². The van der Waals surface area contributed by atoms with Gasteiger partial charge >= 0.3 is 0 Å². The average Bonchev–Trinajstić information content (AvgIpc) is 3.11. The van der Waals surface area contributed by atoms with E-state index < -0.39 is 0 Å². The third-order valence-corrected chi connectivity index (χ3v) is 3.82. The van der Waals surface area contributed by atoms with E-state index in [0.717, 1.165) is 11.3 Å². The molecule has 2 heterocycles. The first-order valence-corrected chi connectivity index (χ1v) is 7.17. The summed E-state index contributed by atoms with van der Waals surface area (Å²) in [6.07, 6.45) is 0.373. The molecule has 0 saturated carbocycles. The van der Waals surface area contributed by atoms with Crippen LogP contribution in [0.1, 0.15) is 6.42 Å². The van der Waals surface area contributed by atoms with Crippen molar-refractivity contribution in [3.05, 3.63) is 45.8 Å². The van der Waals surface area contributed by atoms with Crippen LogP contribution in [0.2, 0.25) is 5.02 Å². The number of H-pyrrole nitrogens is 1. The van der Waals surface area contributed by atoms with Gasteiger partial charge in [-0.25, -0.2) is 0 Å². The van der Waals surface area contributed by atoms with Gasteiger partial charge in [0.15, 0.2) is 5.82 Å². The largest absolute Gasteiger partial charge is 0.295 e. The van der Waals surface area contributed by atoms with Crippen LogP contribution in [0.4, 0.5) is 5.82 Å². The monoisotopic (exact) mass is 316 g/mol. The highest BCUT2D eigenvalue weighted by molar-refractivity contribution is 6.30. The van der Waals surface area contributed by atoms with Gasteiger partial charge in [-0.15, -0.1) is 0 Å². The highest BCUT2D eigenvalue weighted by atomic mass is 35.5. The number of amides is 1. The quantitative estimate of drug-likeness (QED) is 0.531. The predicted octanol–water partition coefficient (Wildman–Crippen LogP) is 3.39. The summed E-state index contributed by atoms with van der Waals surface area (Å²) in [5, 5.41) is 11.3. The van der Waals surface area contributed by atoms with Crippen LogP contribution in [0.5, 0.6) is 0 Å². The first kappa shape index (κ1) is 14.4. The lowest BCUT2D eigenvalue weighted by atomic mass is 10.1. The highest BCUT2D eigenvalue weighted by Crippen LogP contribution is 2.28. The summed E-state index contributed by atoms with van der Waals surface area (Å²) in [6.45, 7) is 0.835. The van der Waals surface area contributed by atoms with Gasteiger partial charge in [0.2, 0.25) is 5.91 Å². The maximum Gasteiger partial charge on any atom is 0.228 e. The van der Waals surface area contributed by atoms with Gasteiger partial charge < -0.3 is 0 Å². The molecule has 1 aromatic heterocycles. The van der Waals surface area contributed by atoms with E-state index in [9.17, 15) is 4.79 Å². The molecule has 2 aromatic rings. The van der Waals surface area contributed by atoms with Gasteiger partial charge in [-0.05, 0) is 23.6 Å². The van der Waals surface area contributed by atoms with Gasteiger partial charge in [-0.1, -0.05) is 28.8 Å². The summed E-state index contributed by atoms with van der Waals surface area (Å²) >= 11 is 5.98. The molecule has 1 fully saturated rings. The van der Waals surface area contributed by atoms with Crippen LogP contribution < -0.4 is 4.90 Å². The van der Waals surface area contributed by atoms with E-state index in [1.165, 1.54) is 0 Å². The molecule has 1 aliphatic rings. The summed E-state index contributed by atoms with van der Waals surface area (Å²) in [7, 11) is 0. The zero-order chi connectivity index (χ0) is 15.5. The second-order valence-electron chi connectivity index (χ2n) is 5.14. The smallest absolute Gasteiger partial charge is 0.228 e. The number of carbonyl (C=O) groups is 1. The molecule has 0 radical (unpaired) electrons. The minimum absolute atomic E-state index is 0.0118. The van der Waals surface area contributed by atoms with Crippen molar-refractivity contribution in [2.45, 2.75) is 6.42 Å². The topological polar surface area (TPSA) is 97.8 Å². The Labute approximate surface area is 131 Å². The third kappa shape index (κ3) is 2.90. The Kier molecular flexibility index (Phi) is 4.00. The van der Waals surface area contributed by atoms with Crippen LogP contribution in [0.3, 0.4) is 0 Å². The number of azide groups is 1. The van der Waals surface area contributed by atoms with E-state index in [4.69, 9.17) is 17.1 Å². The summed E-state index contributed by atoms with van der Waals surface area (Å²) in [6, 6.07) is 9.22. The van der Waals surface area contributed by atoms with E-state index in [2.05, 4.69) is 20.2 Å². The van der Waals surface area contributed by atoms with Crippen LogP contribution >= 0.6 is 11.6 Å². The normalized spacial score (nSPS) is 17.6. The van der Waals surface area contributed by atoms with Crippen molar-refractivity contribution in [3.63, 3.8) is 0 Å². The number of anilines is 1. The minimum Gasteiger partial charge on any atom is -0.295 e. The highest BCUT2D eigenvalue weighted by Gasteiger charge is 2.31. The number of nitrogens with zero attached hydrogens (tertiary/aromatic N) is 5. The summed E-state index contributed by atoms with van der Waals surface area (Å²) in [5.74, 6) is 0.598. The average molecular weight is 317 g/mol. The molecule has 1 unspecified atom stereocenters. The van der Waals surface area contributed by atoms with Crippen molar-refractivity contribution in [2.24, 2.45) is 11.0 Å². The van der Waals surface area contributed by atoms with Gasteiger partial charge in [-0.2, -0.15) is 5.10 Å². The Hall–Kier alpha value is -2.50. The number of hydrogen-bond acceptors (Lipinski definition) is 3. The number of aromatic amines is 1. The fourth-order valence-electron chi connectivity index (χ4n) is 2.53. The molecule has 1 saturated heterocycles. The lowest BCUT2D eigenvalue weighted by molar-refractivity contribution is -0.117. The van der Waals surface area contributed by atoms with Crippen LogP contribution in [0, 0.1) is 5.92 Å². The van der Waals surface area contributed by atoms with Gasteiger partial charge in [0, 0.05) is 41.1 Å². The lowest BCUT2D eigenvalue weighted by Crippen LogP contribution is -2.25. The molecule has 1 N–H and O–H groups in total. The Bertz CT molecular complexity index is 751. The molecule has 1 atom stereocenters. The summed E-state index contributed by atoms with van der Waals surface area (Å²) < 4.78 is 0. The SMILES string of the molecule is [N-]=[N+]=NCC1CC(=O)N(c2cc(-c3cccc(Cl)c3)[nH]n2)C1. The van der Waals surface area contributed by atoms with Crippen molar-refractivity contribution in [1.82, 2.24) is 10.2 Å². The Balaban J connectivity index is 1.79.